The predicted octanol–water partition coefficient (Wildman–Crippen LogP) is 0.865. The fourth-order valence-electron chi connectivity index (χ4n) is 2.51. The Morgan fingerprint density at radius 1 is 1.35 bits per heavy atom. The van der Waals surface area contributed by atoms with Crippen LogP contribution in [0, 0.1) is 5.92 Å². The number of amides is 1. The Morgan fingerprint density at radius 2 is 2.04 bits per heavy atom. The number of nitrogen functional groups attached to an aromatic ring is 1. The van der Waals surface area contributed by atoms with Crippen molar-refractivity contribution >= 4 is 17.8 Å². The number of anilines is 1. The molecule has 1 rings (SSSR count). The Morgan fingerprint density at radius 3 is 2.62 bits per heavy atom. The molecule has 5 N–H and O–H groups in total. The number of nitrogens with one attached hydrogen (secondary N) is 2. The molecule has 1 aromatic heterocycles. The molecule has 0 radical (unpaired) electrons. The smallest absolute Gasteiger partial charge is 0.328 e. The number of nitrogens with zero attached hydrogens (tertiary/aromatic N) is 1. The normalized spacial score (nSPS) is 12.0. The average Bonchev–Trinajstić information content (AvgIpc) is 2.52. The molecule has 1 atom stereocenters. The first-order valence-electron chi connectivity index (χ1n) is 8.78. The van der Waals surface area contributed by atoms with Gasteiger partial charge in [-0.2, -0.15) is 4.98 Å². The molecule has 1 amide bonds. The Labute approximate surface area is 152 Å². The standard InChI is InChI=1S/C17H28N4O5/c1-4-26-16(25)12(9-10(2)3)19-13(22)8-6-5-7-11-14(23)20-17(18)21-15(11)24/h10,12H,4-9H2,1-3H3,(H,19,22)(H4,18,20,21,23,24)/t12-/m0/s1. The van der Waals surface area contributed by atoms with Crippen LogP contribution in [0.5, 0.6) is 5.88 Å². The van der Waals surface area contributed by atoms with Gasteiger partial charge >= 0.3 is 5.97 Å². The number of rotatable bonds is 10. The third-order valence-corrected chi connectivity index (χ3v) is 3.71. The summed E-state index contributed by atoms with van der Waals surface area (Å²) in [5, 5.41) is 12.4. The summed E-state index contributed by atoms with van der Waals surface area (Å²) in [6.45, 7) is 5.90. The van der Waals surface area contributed by atoms with Crippen molar-refractivity contribution in [2.75, 3.05) is 12.3 Å². The van der Waals surface area contributed by atoms with Crippen LogP contribution in [0.15, 0.2) is 4.79 Å². The van der Waals surface area contributed by atoms with Gasteiger partial charge in [-0.15, -0.1) is 0 Å². The Hall–Kier alpha value is -2.58. The number of hydrogen-bond acceptors (Lipinski definition) is 7. The number of H-pyrrole nitrogens is 1. The van der Waals surface area contributed by atoms with Crippen molar-refractivity contribution in [3.05, 3.63) is 15.9 Å². The minimum atomic E-state index is -0.657. The van der Waals surface area contributed by atoms with Gasteiger partial charge in [0.2, 0.25) is 17.7 Å². The highest BCUT2D eigenvalue weighted by Crippen LogP contribution is 2.13. The van der Waals surface area contributed by atoms with Crippen molar-refractivity contribution in [2.45, 2.75) is 58.9 Å². The van der Waals surface area contributed by atoms with Gasteiger partial charge in [-0.3, -0.25) is 14.6 Å². The molecule has 146 valence electrons. The Bertz CT molecular complexity index is 672. The summed E-state index contributed by atoms with van der Waals surface area (Å²) in [5.74, 6) is -0.991. The summed E-state index contributed by atoms with van der Waals surface area (Å²) in [5.41, 5.74) is 4.99. The number of esters is 1. The maximum atomic E-state index is 12.1. The lowest BCUT2D eigenvalue weighted by Gasteiger charge is -2.19. The van der Waals surface area contributed by atoms with Gasteiger partial charge in [0, 0.05) is 6.42 Å². The third-order valence-electron chi connectivity index (χ3n) is 3.71. The van der Waals surface area contributed by atoms with Crippen molar-refractivity contribution in [1.29, 1.82) is 0 Å². The summed E-state index contributed by atoms with van der Waals surface area (Å²) in [4.78, 5) is 41.6. The second-order valence-electron chi connectivity index (χ2n) is 6.46. The summed E-state index contributed by atoms with van der Waals surface area (Å²) >= 11 is 0. The van der Waals surface area contributed by atoms with Crippen LogP contribution in [-0.2, 0) is 20.7 Å². The monoisotopic (exact) mass is 368 g/mol. The quantitative estimate of drug-likeness (QED) is 0.354. The summed E-state index contributed by atoms with van der Waals surface area (Å²) in [6, 6.07) is -0.657. The maximum Gasteiger partial charge on any atom is 0.328 e. The molecule has 0 bridgehead atoms. The van der Waals surface area contributed by atoms with Crippen molar-refractivity contribution in [1.82, 2.24) is 15.3 Å². The molecule has 26 heavy (non-hydrogen) atoms. The van der Waals surface area contributed by atoms with E-state index in [2.05, 4.69) is 15.3 Å². The van der Waals surface area contributed by atoms with Crippen LogP contribution in [0.2, 0.25) is 0 Å². The number of carbonyl (C=O) groups is 2. The summed E-state index contributed by atoms with van der Waals surface area (Å²) in [6.07, 6.45) is 1.98. The van der Waals surface area contributed by atoms with E-state index in [9.17, 15) is 19.5 Å². The molecule has 0 fully saturated rings. The Kier molecular flexibility index (Phi) is 8.60. The molecule has 9 heteroatoms. The van der Waals surface area contributed by atoms with E-state index in [-0.39, 0.29) is 42.8 Å². The van der Waals surface area contributed by atoms with Crippen LogP contribution >= 0.6 is 0 Å². The summed E-state index contributed by atoms with van der Waals surface area (Å²) < 4.78 is 4.99. The van der Waals surface area contributed by atoms with Crippen LogP contribution in [0.25, 0.3) is 0 Å². The number of aromatic amines is 1. The zero-order valence-electron chi connectivity index (χ0n) is 15.5. The third kappa shape index (κ3) is 7.12. The number of nitrogens with two attached hydrogens (primary N) is 1. The van der Waals surface area contributed by atoms with Crippen LogP contribution in [-0.4, -0.2) is 39.6 Å². The van der Waals surface area contributed by atoms with E-state index in [0.29, 0.717) is 19.3 Å². The number of hydrogen-bond donors (Lipinski definition) is 4. The molecule has 0 unspecified atom stereocenters. The number of ether oxygens (including phenoxy) is 1. The lowest BCUT2D eigenvalue weighted by Crippen LogP contribution is -2.42. The van der Waals surface area contributed by atoms with Gasteiger partial charge in [0.25, 0.3) is 5.56 Å². The lowest BCUT2D eigenvalue weighted by atomic mass is 10.0. The van der Waals surface area contributed by atoms with E-state index < -0.39 is 23.5 Å². The van der Waals surface area contributed by atoms with E-state index in [1.165, 1.54) is 0 Å². The van der Waals surface area contributed by atoms with Gasteiger partial charge in [0.1, 0.15) is 6.04 Å². The highest BCUT2D eigenvalue weighted by atomic mass is 16.5. The van der Waals surface area contributed by atoms with E-state index in [0.717, 1.165) is 0 Å². The van der Waals surface area contributed by atoms with Gasteiger partial charge in [-0.05, 0) is 38.5 Å². The molecule has 1 aromatic rings. The molecule has 1 heterocycles. The zero-order chi connectivity index (χ0) is 19.7. The second kappa shape index (κ2) is 10.4. The minimum Gasteiger partial charge on any atom is -0.493 e. The minimum absolute atomic E-state index is 0.142. The lowest BCUT2D eigenvalue weighted by molar-refractivity contribution is -0.147. The van der Waals surface area contributed by atoms with Crippen LogP contribution in [0.3, 0.4) is 0 Å². The molecule has 0 saturated heterocycles. The zero-order valence-corrected chi connectivity index (χ0v) is 15.5. The van der Waals surface area contributed by atoms with Crippen LogP contribution < -0.4 is 16.6 Å². The van der Waals surface area contributed by atoms with E-state index in [1.54, 1.807) is 6.92 Å². The van der Waals surface area contributed by atoms with Crippen molar-refractivity contribution in [2.24, 2.45) is 5.92 Å². The van der Waals surface area contributed by atoms with Gasteiger partial charge in [0.05, 0.1) is 12.2 Å². The maximum absolute atomic E-state index is 12.1. The molecular formula is C17H28N4O5. The van der Waals surface area contributed by atoms with Crippen molar-refractivity contribution in [3.8, 4) is 5.88 Å². The van der Waals surface area contributed by atoms with E-state index in [1.807, 2.05) is 13.8 Å². The molecule has 0 saturated carbocycles. The van der Waals surface area contributed by atoms with Crippen LogP contribution in [0.1, 0.15) is 52.0 Å². The van der Waals surface area contributed by atoms with E-state index in [4.69, 9.17) is 10.5 Å². The van der Waals surface area contributed by atoms with Crippen molar-refractivity contribution < 1.29 is 19.4 Å². The fourth-order valence-corrected chi connectivity index (χ4v) is 2.51. The van der Waals surface area contributed by atoms with Gasteiger partial charge < -0.3 is 20.9 Å². The molecule has 0 aliphatic rings. The summed E-state index contributed by atoms with van der Waals surface area (Å²) in [7, 11) is 0. The first-order valence-corrected chi connectivity index (χ1v) is 8.78. The first kappa shape index (κ1) is 21.5. The predicted molar refractivity (Wildman–Crippen MR) is 96.5 cm³/mol. The second-order valence-corrected chi connectivity index (χ2v) is 6.46. The van der Waals surface area contributed by atoms with Crippen LogP contribution in [0.4, 0.5) is 5.95 Å². The topological polar surface area (TPSA) is 147 Å². The van der Waals surface area contributed by atoms with Gasteiger partial charge in [-0.25, -0.2) is 4.79 Å². The number of carbonyl (C=O) groups excluding carboxylic acids is 2. The molecule has 0 aliphatic heterocycles. The number of aromatic hydroxyl groups is 1. The highest BCUT2D eigenvalue weighted by Gasteiger charge is 2.22. The largest absolute Gasteiger partial charge is 0.493 e. The Balaban J connectivity index is 2.48. The molecule has 0 aromatic carbocycles. The van der Waals surface area contributed by atoms with Gasteiger partial charge in [0.15, 0.2) is 0 Å². The molecule has 0 aliphatic carbocycles. The highest BCUT2D eigenvalue weighted by molar-refractivity contribution is 5.84. The number of unbranched alkanes of at least 4 members (excludes halogenated alkanes) is 1. The molecule has 9 nitrogen and oxygen atoms in total. The molecule has 0 spiro atoms. The van der Waals surface area contributed by atoms with Gasteiger partial charge in [-0.1, -0.05) is 13.8 Å². The number of aromatic nitrogens is 2. The van der Waals surface area contributed by atoms with Crippen molar-refractivity contribution in [3.63, 3.8) is 0 Å². The fraction of sp³-hybridized carbons (Fsp3) is 0.647. The van der Waals surface area contributed by atoms with E-state index >= 15 is 0 Å². The average molecular weight is 368 g/mol. The SMILES string of the molecule is CCOC(=O)[C@H](CC(C)C)NC(=O)CCCCc1c(O)nc(N)[nH]c1=O. The first-order chi connectivity index (χ1) is 12.2. The molecular weight excluding hydrogens is 340 g/mol.